The Morgan fingerprint density at radius 3 is 2.46 bits per heavy atom. The molecule has 0 radical (unpaired) electrons. The molecule has 0 aromatic heterocycles. The second-order valence-electron chi connectivity index (χ2n) is 10.6. The summed E-state index contributed by atoms with van der Waals surface area (Å²) in [6.45, 7) is 8.52. The zero-order valence-corrected chi connectivity index (χ0v) is 16.7. The first kappa shape index (κ1) is 17.7. The van der Waals surface area contributed by atoms with Crippen molar-refractivity contribution in [2.24, 2.45) is 40.4 Å². The Kier molecular flexibility index (Phi) is 3.96. The summed E-state index contributed by atoms with van der Waals surface area (Å²) in [7, 11) is 0. The van der Waals surface area contributed by atoms with Crippen LogP contribution in [0.4, 0.5) is 0 Å². The largest absolute Gasteiger partial charge is 0.393 e. The van der Waals surface area contributed by atoms with Crippen molar-refractivity contribution in [2.45, 2.75) is 77.6 Å². The Labute approximate surface area is 158 Å². The Morgan fingerprint density at radius 2 is 1.69 bits per heavy atom. The van der Waals surface area contributed by atoms with E-state index in [2.05, 4.69) is 32.9 Å². The van der Waals surface area contributed by atoms with Crippen LogP contribution in [0, 0.1) is 40.4 Å². The molecule has 26 heavy (non-hydrogen) atoms. The standard InChI is InChI=1S/C23H36O3/c1-21-11-5-4-6-15(21)7-8-16-17-9-10-19(23(3)25-12-13-26-23)22(17,2)14-18(24)20(16)21/h4-5,15-20,24H,6-14H2,1-3H3/t15-,16+,17+,18+,19+,20-,21+,22+/m1/s1. The van der Waals surface area contributed by atoms with Gasteiger partial charge < -0.3 is 14.6 Å². The van der Waals surface area contributed by atoms with Crippen molar-refractivity contribution in [3.05, 3.63) is 12.2 Å². The smallest absolute Gasteiger partial charge is 0.169 e. The van der Waals surface area contributed by atoms with Gasteiger partial charge in [-0.3, -0.25) is 0 Å². The fraction of sp³-hybridized carbons (Fsp3) is 0.913. The Hall–Kier alpha value is -0.380. The average molecular weight is 361 g/mol. The average Bonchev–Trinajstić information content (AvgIpc) is 3.17. The fourth-order valence-corrected chi connectivity index (χ4v) is 8.56. The van der Waals surface area contributed by atoms with Crippen molar-refractivity contribution >= 4 is 0 Å². The predicted octanol–water partition coefficient (Wildman–Crippen LogP) is 4.55. The normalized spacial score (nSPS) is 55.2. The van der Waals surface area contributed by atoms with E-state index in [0.29, 0.717) is 42.3 Å². The molecule has 0 aromatic rings. The molecule has 5 rings (SSSR count). The van der Waals surface area contributed by atoms with Crippen molar-refractivity contribution in [1.82, 2.24) is 0 Å². The van der Waals surface area contributed by atoms with Crippen LogP contribution in [0.1, 0.15) is 65.7 Å². The van der Waals surface area contributed by atoms with Crippen molar-refractivity contribution < 1.29 is 14.6 Å². The van der Waals surface area contributed by atoms with Gasteiger partial charge in [-0.25, -0.2) is 0 Å². The summed E-state index contributed by atoms with van der Waals surface area (Å²) in [5.74, 6) is 2.60. The lowest BCUT2D eigenvalue weighted by Gasteiger charge is -2.61. The number of hydrogen-bond donors (Lipinski definition) is 1. The first-order valence-electron chi connectivity index (χ1n) is 11.0. The zero-order valence-electron chi connectivity index (χ0n) is 16.7. The van der Waals surface area contributed by atoms with Gasteiger partial charge >= 0.3 is 0 Å². The number of aliphatic hydroxyl groups excluding tert-OH is 1. The van der Waals surface area contributed by atoms with Gasteiger partial charge in [-0.15, -0.1) is 0 Å². The third kappa shape index (κ3) is 2.23. The molecular weight excluding hydrogens is 324 g/mol. The molecule has 0 spiro atoms. The molecule has 1 aliphatic heterocycles. The van der Waals surface area contributed by atoms with Crippen LogP contribution in [-0.2, 0) is 9.47 Å². The molecule has 3 saturated carbocycles. The Bertz CT molecular complexity index is 594. The van der Waals surface area contributed by atoms with Gasteiger partial charge in [0.2, 0.25) is 0 Å². The van der Waals surface area contributed by atoms with Gasteiger partial charge in [-0.1, -0.05) is 26.0 Å². The highest BCUT2D eigenvalue weighted by molar-refractivity contribution is 5.15. The molecule has 4 aliphatic carbocycles. The number of aliphatic hydroxyl groups is 1. The van der Waals surface area contributed by atoms with E-state index >= 15 is 0 Å². The molecule has 146 valence electrons. The van der Waals surface area contributed by atoms with Gasteiger partial charge in [0.25, 0.3) is 0 Å². The highest BCUT2D eigenvalue weighted by atomic mass is 16.7. The Morgan fingerprint density at radius 1 is 0.923 bits per heavy atom. The minimum Gasteiger partial charge on any atom is -0.393 e. The predicted molar refractivity (Wildman–Crippen MR) is 101 cm³/mol. The molecule has 1 heterocycles. The van der Waals surface area contributed by atoms with Crippen LogP contribution in [0.25, 0.3) is 0 Å². The molecule has 1 saturated heterocycles. The van der Waals surface area contributed by atoms with Crippen LogP contribution in [0.15, 0.2) is 12.2 Å². The van der Waals surface area contributed by atoms with Crippen molar-refractivity contribution in [3.8, 4) is 0 Å². The van der Waals surface area contributed by atoms with Crippen LogP contribution >= 0.6 is 0 Å². The lowest BCUT2D eigenvalue weighted by atomic mass is 9.44. The van der Waals surface area contributed by atoms with Gasteiger partial charge in [0.15, 0.2) is 5.79 Å². The van der Waals surface area contributed by atoms with E-state index in [0.717, 1.165) is 18.8 Å². The summed E-state index contributed by atoms with van der Waals surface area (Å²) in [6.07, 6.45) is 13.0. The molecule has 0 unspecified atom stereocenters. The molecule has 1 N–H and O–H groups in total. The van der Waals surface area contributed by atoms with E-state index < -0.39 is 5.79 Å². The van der Waals surface area contributed by atoms with Gasteiger partial charge in [0.05, 0.1) is 19.3 Å². The van der Waals surface area contributed by atoms with E-state index in [1.165, 1.54) is 32.1 Å². The molecule has 4 fully saturated rings. The quantitative estimate of drug-likeness (QED) is 0.698. The van der Waals surface area contributed by atoms with Crippen LogP contribution in [-0.4, -0.2) is 30.2 Å². The lowest BCUT2D eigenvalue weighted by molar-refractivity contribution is -0.229. The maximum Gasteiger partial charge on any atom is 0.169 e. The maximum absolute atomic E-state index is 11.5. The fourth-order valence-electron chi connectivity index (χ4n) is 8.56. The summed E-state index contributed by atoms with van der Waals surface area (Å²) in [5.41, 5.74) is 0.439. The second-order valence-corrected chi connectivity index (χ2v) is 10.6. The summed E-state index contributed by atoms with van der Waals surface area (Å²) in [6, 6.07) is 0. The second kappa shape index (κ2) is 5.81. The SMILES string of the molecule is CC1([C@H]2CC[C@H]3[C@@H]4CC[C@H]5CC=CC[C@]5(C)[C@H]4[C@@H](O)C[C@]23C)OCCO1. The first-order chi connectivity index (χ1) is 12.4. The van der Waals surface area contributed by atoms with E-state index in [1.807, 2.05) is 0 Å². The van der Waals surface area contributed by atoms with Crippen LogP contribution in [0.2, 0.25) is 0 Å². The molecule has 0 aromatic carbocycles. The van der Waals surface area contributed by atoms with Gasteiger partial charge in [0.1, 0.15) is 0 Å². The van der Waals surface area contributed by atoms with Crippen molar-refractivity contribution in [2.75, 3.05) is 13.2 Å². The summed E-state index contributed by atoms with van der Waals surface area (Å²) in [4.78, 5) is 0. The van der Waals surface area contributed by atoms with Crippen LogP contribution < -0.4 is 0 Å². The minimum atomic E-state index is -0.440. The third-order valence-electron chi connectivity index (χ3n) is 9.63. The van der Waals surface area contributed by atoms with E-state index in [-0.39, 0.29) is 11.5 Å². The van der Waals surface area contributed by atoms with Crippen molar-refractivity contribution in [1.29, 1.82) is 0 Å². The summed E-state index contributed by atoms with van der Waals surface area (Å²) < 4.78 is 12.2. The maximum atomic E-state index is 11.5. The first-order valence-corrected chi connectivity index (χ1v) is 11.0. The number of fused-ring (bicyclic) bond motifs is 5. The van der Waals surface area contributed by atoms with E-state index in [4.69, 9.17) is 9.47 Å². The van der Waals surface area contributed by atoms with Crippen LogP contribution in [0.5, 0.6) is 0 Å². The van der Waals surface area contributed by atoms with E-state index in [9.17, 15) is 5.11 Å². The van der Waals surface area contributed by atoms with Crippen molar-refractivity contribution in [3.63, 3.8) is 0 Å². The molecular formula is C23H36O3. The third-order valence-corrected chi connectivity index (χ3v) is 9.63. The lowest BCUT2D eigenvalue weighted by Crippen LogP contribution is -2.59. The molecule has 0 amide bonds. The molecule has 3 nitrogen and oxygen atoms in total. The molecule has 5 aliphatic rings. The Balaban J connectivity index is 1.48. The number of ether oxygens (including phenoxy) is 2. The molecule has 0 bridgehead atoms. The van der Waals surface area contributed by atoms with Gasteiger partial charge in [0, 0.05) is 5.92 Å². The molecule has 3 heteroatoms. The monoisotopic (exact) mass is 360 g/mol. The van der Waals surface area contributed by atoms with Gasteiger partial charge in [-0.05, 0) is 86.4 Å². The van der Waals surface area contributed by atoms with E-state index in [1.54, 1.807) is 0 Å². The zero-order chi connectivity index (χ0) is 18.2. The van der Waals surface area contributed by atoms with Crippen LogP contribution in [0.3, 0.4) is 0 Å². The highest BCUT2D eigenvalue weighted by Gasteiger charge is 2.65. The van der Waals surface area contributed by atoms with Gasteiger partial charge in [-0.2, -0.15) is 0 Å². The minimum absolute atomic E-state index is 0.146. The number of rotatable bonds is 1. The summed E-state index contributed by atoms with van der Waals surface area (Å²) >= 11 is 0. The molecule has 8 atom stereocenters. The topological polar surface area (TPSA) is 38.7 Å². The highest BCUT2D eigenvalue weighted by Crippen LogP contribution is 2.68. The number of allylic oxidation sites excluding steroid dienone is 2. The summed E-state index contributed by atoms with van der Waals surface area (Å²) in [5, 5.41) is 11.5. The number of hydrogen-bond acceptors (Lipinski definition) is 3.